The van der Waals surface area contributed by atoms with E-state index in [1.807, 2.05) is 49.5 Å². The zero-order valence-electron chi connectivity index (χ0n) is 14.2. The van der Waals surface area contributed by atoms with Gasteiger partial charge in [-0.25, -0.2) is 4.98 Å². The molecule has 0 bridgehead atoms. The van der Waals surface area contributed by atoms with E-state index in [0.717, 1.165) is 29.1 Å². The average molecular weight is 335 g/mol. The predicted octanol–water partition coefficient (Wildman–Crippen LogP) is 3.15. The lowest BCUT2D eigenvalue weighted by Crippen LogP contribution is -2.24. The van der Waals surface area contributed by atoms with E-state index in [9.17, 15) is 9.90 Å². The number of carboxylic acid groups (broad SMARTS) is 1. The molecule has 2 aromatic heterocycles. The summed E-state index contributed by atoms with van der Waals surface area (Å²) in [5.41, 5.74) is 4.08. The van der Waals surface area contributed by atoms with E-state index in [2.05, 4.69) is 21.4 Å². The highest BCUT2D eigenvalue weighted by molar-refractivity contribution is 5.71. The molecule has 1 fully saturated rings. The van der Waals surface area contributed by atoms with Gasteiger partial charge in [-0.1, -0.05) is 43.3 Å². The van der Waals surface area contributed by atoms with Crippen LogP contribution in [0.2, 0.25) is 0 Å². The summed E-state index contributed by atoms with van der Waals surface area (Å²) in [5, 5.41) is 9.39. The monoisotopic (exact) mass is 335 g/mol. The van der Waals surface area contributed by atoms with Gasteiger partial charge in [0.05, 0.1) is 17.3 Å². The number of imidazole rings is 1. The van der Waals surface area contributed by atoms with E-state index in [1.165, 1.54) is 0 Å². The first-order valence-corrected chi connectivity index (χ1v) is 8.60. The fraction of sp³-hybridized carbons (Fsp3) is 0.300. The molecule has 0 unspecified atom stereocenters. The molecule has 0 spiro atoms. The number of nitrogens with zero attached hydrogens (tertiary/aromatic N) is 3. The van der Waals surface area contributed by atoms with Crippen LogP contribution < -0.4 is 0 Å². The SMILES string of the molecule is C[C@@H]1CN(Cc2c(-c3ccccc3)nc3ccccn23)C[C@H]1C(=O)O. The number of fused-ring (bicyclic) bond motifs is 1. The second-order valence-corrected chi connectivity index (χ2v) is 6.82. The summed E-state index contributed by atoms with van der Waals surface area (Å²) in [6.07, 6.45) is 2.03. The van der Waals surface area contributed by atoms with Crippen molar-refractivity contribution >= 4 is 11.6 Å². The van der Waals surface area contributed by atoms with Crippen molar-refractivity contribution in [1.82, 2.24) is 14.3 Å². The minimum absolute atomic E-state index is 0.164. The Bertz CT molecular complexity index is 904. The fourth-order valence-electron chi connectivity index (χ4n) is 3.75. The van der Waals surface area contributed by atoms with Crippen molar-refractivity contribution in [2.45, 2.75) is 13.5 Å². The highest BCUT2D eigenvalue weighted by Crippen LogP contribution is 2.29. The zero-order valence-corrected chi connectivity index (χ0v) is 14.2. The van der Waals surface area contributed by atoms with Crippen molar-refractivity contribution in [3.05, 3.63) is 60.4 Å². The summed E-state index contributed by atoms with van der Waals surface area (Å²) in [7, 11) is 0. The Morgan fingerprint density at radius 2 is 1.92 bits per heavy atom. The van der Waals surface area contributed by atoms with E-state index < -0.39 is 5.97 Å². The molecule has 128 valence electrons. The molecular formula is C20H21N3O2. The molecule has 2 atom stereocenters. The van der Waals surface area contributed by atoms with Crippen LogP contribution in [0.3, 0.4) is 0 Å². The molecule has 1 aliphatic rings. The maximum atomic E-state index is 11.4. The van der Waals surface area contributed by atoms with Crippen LogP contribution >= 0.6 is 0 Å². The number of aromatic nitrogens is 2. The minimum Gasteiger partial charge on any atom is -0.481 e. The molecule has 4 rings (SSSR count). The molecule has 25 heavy (non-hydrogen) atoms. The second-order valence-electron chi connectivity index (χ2n) is 6.82. The van der Waals surface area contributed by atoms with Crippen molar-refractivity contribution in [3.8, 4) is 11.3 Å². The smallest absolute Gasteiger partial charge is 0.308 e. The zero-order chi connectivity index (χ0) is 17.4. The first-order chi connectivity index (χ1) is 12.1. The molecule has 0 radical (unpaired) electrons. The van der Waals surface area contributed by atoms with Gasteiger partial charge in [0, 0.05) is 31.4 Å². The average Bonchev–Trinajstić information content (AvgIpc) is 3.17. The fourth-order valence-corrected chi connectivity index (χ4v) is 3.75. The van der Waals surface area contributed by atoms with Gasteiger partial charge in [0.15, 0.2) is 0 Å². The number of hydrogen-bond acceptors (Lipinski definition) is 3. The van der Waals surface area contributed by atoms with Gasteiger partial charge in [0.25, 0.3) is 0 Å². The van der Waals surface area contributed by atoms with Gasteiger partial charge in [-0.2, -0.15) is 0 Å². The molecule has 3 heterocycles. The topological polar surface area (TPSA) is 57.8 Å². The number of hydrogen-bond donors (Lipinski definition) is 1. The molecule has 1 N–H and O–H groups in total. The van der Waals surface area contributed by atoms with E-state index in [1.54, 1.807) is 0 Å². The maximum Gasteiger partial charge on any atom is 0.308 e. The largest absolute Gasteiger partial charge is 0.481 e. The van der Waals surface area contributed by atoms with E-state index >= 15 is 0 Å². The van der Waals surface area contributed by atoms with E-state index in [4.69, 9.17) is 4.98 Å². The summed E-state index contributed by atoms with van der Waals surface area (Å²) in [6, 6.07) is 16.2. The first kappa shape index (κ1) is 15.8. The Labute approximate surface area is 146 Å². The van der Waals surface area contributed by atoms with Crippen molar-refractivity contribution in [1.29, 1.82) is 0 Å². The number of likely N-dealkylation sites (tertiary alicyclic amines) is 1. The Morgan fingerprint density at radius 3 is 2.64 bits per heavy atom. The van der Waals surface area contributed by atoms with Crippen LogP contribution in [0.4, 0.5) is 0 Å². The highest BCUT2D eigenvalue weighted by atomic mass is 16.4. The summed E-state index contributed by atoms with van der Waals surface area (Å²) < 4.78 is 2.11. The first-order valence-electron chi connectivity index (χ1n) is 8.60. The number of carboxylic acids is 1. The van der Waals surface area contributed by atoms with Crippen LogP contribution in [-0.4, -0.2) is 38.4 Å². The van der Waals surface area contributed by atoms with Gasteiger partial charge in [0.2, 0.25) is 0 Å². The summed E-state index contributed by atoms with van der Waals surface area (Å²) >= 11 is 0. The van der Waals surface area contributed by atoms with Gasteiger partial charge in [-0.05, 0) is 18.1 Å². The molecule has 3 aromatic rings. The Hall–Kier alpha value is -2.66. The van der Waals surface area contributed by atoms with Crippen LogP contribution in [0.15, 0.2) is 54.7 Å². The van der Waals surface area contributed by atoms with E-state index in [-0.39, 0.29) is 11.8 Å². The number of benzene rings is 1. The summed E-state index contributed by atoms with van der Waals surface area (Å²) in [5.74, 6) is -0.826. The van der Waals surface area contributed by atoms with Gasteiger partial charge in [-0.3, -0.25) is 9.69 Å². The molecule has 5 heteroatoms. The molecule has 1 saturated heterocycles. The van der Waals surface area contributed by atoms with Crippen molar-refractivity contribution in [2.24, 2.45) is 11.8 Å². The third-order valence-electron chi connectivity index (χ3n) is 5.05. The Kier molecular flexibility index (Phi) is 4.01. The quantitative estimate of drug-likeness (QED) is 0.796. The maximum absolute atomic E-state index is 11.4. The molecule has 1 aromatic carbocycles. The Morgan fingerprint density at radius 1 is 1.16 bits per heavy atom. The minimum atomic E-state index is -0.698. The molecule has 0 saturated carbocycles. The summed E-state index contributed by atoms with van der Waals surface area (Å²) in [4.78, 5) is 18.5. The van der Waals surface area contributed by atoms with Crippen LogP contribution in [-0.2, 0) is 11.3 Å². The molecule has 0 aliphatic carbocycles. The highest BCUT2D eigenvalue weighted by Gasteiger charge is 2.35. The van der Waals surface area contributed by atoms with Gasteiger partial charge in [0.1, 0.15) is 5.65 Å². The Balaban J connectivity index is 1.72. The number of pyridine rings is 1. The van der Waals surface area contributed by atoms with Gasteiger partial charge in [-0.15, -0.1) is 0 Å². The lowest BCUT2D eigenvalue weighted by atomic mass is 9.99. The number of aliphatic carboxylic acids is 1. The standard InChI is InChI=1S/C20H21N3O2/c1-14-11-22(12-16(14)20(24)25)13-17-19(15-7-3-2-4-8-15)21-18-9-5-6-10-23(17)18/h2-10,14,16H,11-13H2,1H3,(H,24,25)/t14-,16-/m1/s1. The molecule has 1 aliphatic heterocycles. The van der Waals surface area contributed by atoms with Gasteiger partial charge >= 0.3 is 5.97 Å². The third-order valence-corrected chi connectivity index (χ3v) is 5.05. The second kappa shape index (κ2) is 6.33. The number of carbonyl (C=O) groups is 1. The van der Waals surface area contributed by atoms with E-state index in [0.29, 0.717) is 13.1 Å². The number of rotatable bonds is 4. The van der Waals surface area contributed by atoms with Crippen LogP contribution in [0, 0.1) is 11.8 Å². The molecular weight excluding hydrogens is 314 g/mol. The van der Waals surface area contributed by atoms with Crippen LogP contribution in [0.1, 0.15) is 12.6 Å². The molecule has 0 amide bonds. The van der Waals surface area contributed by atoms with Crippen LogP contribution in [0.5, 0.6) is 0 Å². The third kappa shape index (κ3) is 2.91. The molecule has 5 nitrogen and oxygen atoms in total. The lowest BCUT2D eigenvalue weighted by Gasteiger charge is -2.16. The normalized spacial score (nSPS) is 21.0. The van der Waals surface area contributed by atoms with Crippen LogP contribution in [0.25, 0.3) is 16.9 Å². The van der Waals surface area contributed by atoms with Gasteiger partial charge < -0.3 is 9.51 Å². The van der Waals surface area contributed by atoms with Crippen molar-refractivity contribution < 1.29 is 9.90 Å². The van der Waals surface area contributed by atoms with Crippen molar-refractivity contribution in [2.75, 3.05) is 13.1 Å². The van der Waals surface area contributed by atoms with Crippen molar-refractivity contribution in [3.63, 3.8) is 0 Å². The lowest BCUT2D eigenvalue weighted by molar-refractivity contribution is -0.142. The summed E-state index contributed by atoms with van der Waals surface area (Å²) in [6.45, 7) is 4.10. The predicted molar refractivity (Wildman–Crippen MR) is 96.2 cm³/mol.